The molecule has 1 rings (SSSR count). The van der Waals surface area contributed by atoms with Crippen molar-refractivity contribution < 1.29 is 24.2 Å². The summed E-state index contributed by atoms with van der Waals surface area (Å²) < 4.78 is 5.31. The Bertz CT molecular complexity index is 385. The number of rotatable bonds is 5. The Morgan fingerprint density at radius 2 is 2.10 bits per heavy atom. The molecular formula is C12H21N3O5. The molecule has 1 aliphatic heterocycles. The molecule has 1 aliphatic rings. The van der Waals surface area contributed by atoms with Crippen LogP contribution in [-0.4, -0.2) is 71.2 Å². The summed E-state index contributed by atoms with van der Waals surface area (Å²) in [6.07, 6.45) is -0.672. The third kappa shape index (κ3) is 4.69. The molecule has 0 aromatic carbocycles. The molecule has 1 heterocycles. The number of carboxylic acid groups (broad SMARTS) is 1. The molecule has 0 aromatic heterocycles. The highest BCUT2D eigenvalue weighted by molar-refractivity contribution is 5.83. The highest BCUT2D eigenvalue weighted by Gasteiger charge is 2.30. The number of primary amides is 1. The highest BCUT2D eigenvalue weighted by atomic mass is 16.5. The lowest BCUT2D eigenvalue weighted by molar-refractivity contribution is -0.141. The topological polar surface area (TPSA) is 113 Å². The molecule has 0 bridgehead atoms. The number of nitrogens with zero attached hydrogens (tertiary/aromatic N) is 2. The van der Waals surface area contributed by atoms with E-state index < -0.39 is 18.0 Å². The summed E-state index contributed by atoms with van der Waals surface area (Å²) in [6.45, 7) is 4.28. The maximum absolute atomic E-state index is 12.3. The minimum atomic E-state index is -0.970. The molecule has 1 fully saturated rings. The van der Waals surface area contributed by atoms with Crippen LogP contribution in [0, 0.1) is 0 Å². The number of hydrogen-bond acceptors (Lipinski definition) is 4. The molecule has 3 N–H and O–H groups in total. The fourth-order valence-electron chi connectivity index (χ4n) is 2.03. The summed E-state index contributed by atoms with van der Waals surface area (Å²) in [4.78, 5) is 36.9. The second-order valence-corrected chi connectivity index (χ2v) is 5.01. The molecule has 8 nitrogen and oxygen atoms in total. The van der Waals surface area contributed by atoms with E-state index in [1.54, 1.807) is 13.8 Å². The lowest BCUT2D eigenvalue weighted by atomic mass is 10.2. The second-order valence-electron chi connectivity index (χ2n) is 5.01. The Kier molecular flexibility index (Phi) is 5.75. The maximum atomic E-state index is 12.3. The van der Waals surface area contributed by atoms with E-state index in [1.165, 1.54) is 9.80 Å². The Balaban J connectivity index is 2.68. The molecule has 1 saturated heterocycles. The zero-order chi connectivity index (χ0) is 15.3. The lowest BCUT2D eigenvalue weighted by Gasteiger charge is -2.37. The third-order valence-electron chi connectivity index (χ3n) is 3.01. The molecule has 20 heavy (non-hydrogen) atoms. The van der Waals surface area contributed by atoms with Crippen LogP contribution < -0.4 is 5.73 Å². The Morgan fingerprint density at radius 1 is 1.45 bits per heavy atom. The van der Waals surface area contributed by atoms with E-state index >= 15 is 0 Å². The first-order valence-electron chi connectivity index (χ1n) is 6.48. The minimum Gasteiger partial charge on any atom is -0.481 e. The van der Waals surface area contributed by atoms with Crippen molar-refractivity contribution in [2.24, 2.45) is 5.73 Å². The molecule has 1 atom stereocenters. The number of nitrogens with two attached hydrogens (primary N) is 1. The van der Waals surface area contributed by atoms with Crippen LogP contribution in [0.2, 0.25) is 0 Å². The minimum absolute atomic E-state index is 0.152. The number of ether oxygens (including phenoxy) is 1. The molecule has 1 unspecified atom stereocenters. The van der Waals surface area contributed by atoms with Gasteiger partial charge in [-0.1, -0.05) is 0 Å². The maximum Gasteiger partial charge on any atom is 0.320 e. The van der Waals surface area contributed by atoms with Gasteiger partial charge in [0.25, 0.3) is 0 Å². The van der Waals surface area contributed by atoms with Crippen molar-refractivity contribution in [1.29, 1.82) is 0 Å². The van der Waals surface area contributed by atoms with Gasteiger partial charge in [0.2, 0.25) is 5.91 Å². The molecule has 0 radical (unpaired) electrons. The largest absolute Gasteiger partial charge is 0.481 e. The number of carbonyl (C=O) groups is 3. The van der Waals surface area contributed by atoms with E-state index in [0.29, 0.717) is 6.54 Å². The van der Waals surface area contributed by atoms with Gasteiger partial charge in [0.05, 0.1) is 19.1 Å². The van der Waals surface area contributed by atoms with Crippen molar-refractivity contribution in [3.63, 3.8) is 0 Å². The van der Waals surface area contributed by atoms with Crippen molar-refractivity contribution in [3.8, 4) is 0 Å². The number of carboxylic acids is 1. The molecule has 0 spiro atoms. The van der Waals surface area contributed by atoms with E-state index in [9.17, 15) is 14.4 Å². The van der Waals surface area contributed by atoms with Gasteiger partial charge in [0.1, 0.15) is 6.54 Å². The number of carbonyl (C=O) groups excluding carboxylic acids is 2. The molecule has 0 saturated carbocycles. The zero-order valence-electron chi connectivity index (χ0n) is 11.7. The number of hydrogen-bond donors (Lipinski definition) is 2. The van der Waals surface area contributed by atoms with Crippen LogP contribution in [0.1, 0.15) is 20.3 Å². The zero-order valence-corrected chi connectivity index (χ0v) is 11.7. The van der Waals surface area contributed by atoms with Gasteiger partial charge < -0.3 is 25.4 Å². The number of aliphatic carboxylic acids is 1. The van der Waals surface area contributed by atoms with E-state index in [1.807, 2.05) is 0 Å². The smallest absolute Gasteiger partial charge is 0.320 e. The fraction of sp³-hybridized carbons (Fsp3) is 0.750. The highest BCUT2D eigenvalue weighted by Crippen LogP contribution is 2.12. The Morgan fingerprint density at radius 3 is 2.60 bits per heavy atom. The average molecular weight is 287 g/mol. The second kappa shape index (κ2) is 7.09. The van der Waals surface area contributed by atoms with Gasteiger partial charge in [-0.05, 0) is 13.8 Å². The average Bonchev–Trinajstić information content (AvgIpc) is 2.34. The summed E-state index contributed by atoms with van der Waals surface area (Å²) in [5.41, 5.74) is 5.14. The summed E-state index contributed by atoms with van der Waals surface area (Å²) in [5, 5.41) is 8.75. The van der Waals surface area contributed by atoms with Crippen molar-refractivity contribution >= 4 is 17.9 Å². The molecule has 0 aromatic rings. The number of morpholine rings is 1. The molecule has 3 amide bonds. The summed E-state index contributed by atoms with van der Waals surface area (Å²) >= 11 is 0. The van der Waals surface area contributed by atoms with Gasteiger partial charge in [-0.25, -0.2) is 4.79 Å². The van der Waals surface area contributed by atoms with E-state index in [4.69, 9.17) is 15.6 Å². The molecule has 114 valence electrons. The van der Waals surface area contributed by atoms with Crippen molar-refractivity contribution in [2.45, 2.75) is 32.4 Å². The molecular weight excluding hydrogens is 266 g/mol. The van der Waals surface area contributed by atoms with Crippen LogP contribution in [0.3, 0.4) is 0 Å². The summed E-state index contributed by atoms with van der Waals surface area (Å²) in [6, 6.07) is -0.492. The van der Waals surface area contributed by atoms with Crippen LogP contribution in [0.15, 0.2) is 0 Å². The van der Waals surface area contributed by atoms with Gasteiger partial charge >= 0.3 is 12.0 Å². The van der Waals surface area contributed by atoms with Gasteiger partial charge in [-0.2, -0.15) is 0 Å². The quantitative estimate of drug-likeness (QED) is 0.706. The predicted molar refractivity (Wildman–Crippen MR) is 70.0 cm³/mol. The van der Waals surface area contributed by atoms with E-state index in [0.717, 1.165) is 0 Å². The summed E-state index contributed by atoms with van der Waals surface area (Å²) in [7, 11) is 0. The number of amides is 3. The monoisotopic (exact) mass is 287 g/mol. The Labute approximate surface area is 117 Å². The molecule has 8 heteroatoms. The van der Waals surface area contributed by atoms with Crippen LogP contribution in [0.5, 0.6) is 0 Å². The standard InChI is InChI=1S/C12H21N3O5/c1-8(2)15(7-10(13)16)12(19)14-3-4-20-9(6-14)5-11(17)18/h8-9H,3-7H2,1-2H3,(H2,13,16)(H,17,18). The number of urea groups is 1. The lowest BCUT2D eigenvalue weighted by Crippen LogP contribution is -2.54. The van der Waals surface area contributed by atoms with Crippen molar-refractivity contribution in [2.75, 3.05) is 26.2 Å². The van der Waals surface area contributed by atoms with Gasteiger partial charge in [0, 0.05) is 19.1 Å². The van der Waals surface area contributed by atoms with Crippen LogP contribution in [-0.2, 0) is 14.3 Å². The van der Waals surface area contributed by atoms with Crippen molar-refractivity contribution in [1.82, 2.24) is 9.80 Å². The van der Waals surface area contributed by atoms with E-state index in [2.05, 4.69) is 0 Å². The third-order valence-corrected chi connectivity index (χ3v) is 3.01. The fourth-order valence-corrected chi connectivity index (χ4v) is 2.03. The van der Waals surface area contributed by atoms with Gasteiger partial charge in [0.15, 0.2) is 0 Å². The normalized spacial score (nSPS) is 18.9. The summed E-state index contributed by atoms with van der Waals surface area (Å²) in [5.74, 6) is -1.55. The van der Waals surface area contributed by atoms with Crippen LogP contribution in [0.25, 0.3) is 0 Å². The first-order valence-corrected chi connectivity index (χ1v) is 6.48. The van der Waals surface area contributed by atoms with Crippen LogP contribution in [0.4, 0.5) is 4.79 Å². The van der Waals surface area contributed by atoms with Gasteiger partial charge in [-0.15, -0.1) is 0 Å². The first kappa shape index (κ1) is 16.2. The van der Waals surface area contributed by atoms with Crippen molar-refractivity contribution in [3.05, 3.63) is 0 Å². The Hall–Kier alpha value is -1.83. The van der Waals surface area contributed by atoms with E-state index in [-0.39, 0.29) is 38.2 Å². The van der Waals surface area contributed by atoms with Gasteiger partial charge in [-0.3, -0.25) is 9.59 Å². The van der Waals surface area contributed by atoms with Crippen LogP contribution >= 0.6 is 0 Å². The predicted octanol–water partition coefficient (Wildman–Crippen LogP) is -0.522. The SMILES string of the molecule is CC(C)N(CC(N)=O)C(=O)N1CCOC(CC(=O)O)C1. The molecule has 0 aliphatic carbocycles. The first-order chi connectivity index (χ1) is 9.31.